The Kier molecular flexibility index (Phi) is 4.52. The lowest BCUT2D eigenvalue weighted by atomic mass is 9.90. The van der Waals surface area contributed by atoms with Gasteiger partial charge in [0.2, 0.25) is 0 Å². The van der Waals surface area contributed by atoms with E-state index in [0.29, 0.717) is 6.42 Å². The van der Waals surface area contributed by atoms with Crippen molar-refractivity contribution in [2.24, 2.45) is 0 Å². The molecule has 0 radical (unpaired) electrons. The molecule has 0 spiro atoms. The summed E-state index contributed by atoms with van der Waals surface area (Å²) in [5.41, 5.74) is 5.21. The lowest BCUT2D eigenvalue weighted by molar-refractivity contribution is -0.0167. The summed E-state index contributed by atoms with van der Waals surface area (Å²) in [5, 5.41) is 22.5. The number of aromatic nitrogens is 4. The SMILES string of the molecule is Cc1ncc(OC2CC(n3ccc4c(C)ncnc43)[C@H](O)[C@@H]2O)c2c1CCCC2. The Bertz CT molecular complexity index is 1060. The fraction of sp³-hybridized carbons (Fsp3) is 0.500. The fourth-order valence-corrected chi connectivity index (χ4v) is 4.88. The number of aliphatic hydroxyl groups is 2. The van der Waals surface area contributed by atoms with Crippen molar-refractivity contribution in [2.75, 3.05) is 0 Å². The second-order valence-electron chi connectivity index (χ2n) is 8.23. The normalized spacial score (nSPS) is 26.6. The van der Waals surface area contributed by atoms with Gasteiger partial charge < -0.3 is 19.5 Å². The maximum atomic E-state index is 10.8. The number of hydrogen-bond donors (Lipinski definition) is 2. The average Bonchev–Trinajstić information content (AvgIpc) is 3.28. The molecule has 3 aromatic rings. The standard InChI is InChI=1S/C22H26N4O3/c1-12-14-5-3-4-6-16(14)19(10-23-12)29-18-9-17(20(27)21(18)28)26-8-7-15-13(2)24-11-25-22(15)26/h7-8,10-11,17-18,20-21,27-28H,3-6,9H2,1-2H3/t17?,18?,20-,21+/m0/s1. The second-order valence-corrected chi connectivity index (χ2v) is 8.23. The summed E-state index contributed by atoms with van der Waals surface area (Å²) in [6.45, 7) is 3.98. The van der Waals surface area contributed by atoms with Gasteiger partial charge in [-0.05, 0) is 51.2 Å². The Labute approximate surface area is 169 Å². The minimum atomic E-state index is -0.971. The first-order chi connectivity index (χ1) is 14.0. The van der Waals surface area contributed by atoms with Crippen molar-refractivity contribution in [1.82, 2.24) is 19.5 Å². The first-order valence-corrected chi connectivity index (χ1v) is 10.3. The number of fused-ring (bicyclic) bond motifs is 2. The maximum Gasteiger partial charge on any atom is 0.143 e. The highest BCUT2D eigenvalue weighted by Gasteiger charge is 2.44. The molecule has 0 amide bonds. The zero-order chi connectivity index (χ0) is 20.1. The molecule has 7 nitrogen and oxygen atoms in total. The van der Waals surface area contributed by atoms with Crippen molar-refractivity contribution >= 4 is 11.0 Å². The van der Waals surface area contributed by atoms with Gasteiger partial charge in [-0.25, -0.2) is 9.97 Å². The lowest BCUT2D eigenvalue weighted by Crippen LogP contribution is -2.34. The van der Waals surface area contributed by atoms with Crippen molar-refractivity contribution < 1.29 is 14.9 Å². The summed E-state index contributed by atoms with van der Waals surface area (Å²) in [5.74, 6) is 0.748. The van der Waals surface area contributed by atoms with Crippen molar-refractivity contribution in [1.29, 1.82) is 0 Å². The minimum absolute atomic E-state index is 0.309. The maximum absolute atomic E-state index is 10.8. The van der Waals surface area contributed by atoms with E-state index in [-0.39, 0.29) is 6.04 Å². The molecular weight excluding hydrogens is 368 g/mol. The molecule has 2 N–H and O–H groups in total. The van der Waals surface area contributed by atoms with E-state index in [0.717, 1.165) is 47.4 Å². The van der Waals surface area contributed by atoms with E-state index >= 15 is 0 Å². The highest BCUT2D eigenvalue weighted by Crippen LogP contribution is 2.38. The first-order valence-electron chi connectivity index (χ1n) is 10.3. The Hall–Kier alpha value is -2.51. The summed E-state index contributed by atoms with van der Waals surface area (Å²) in [6, 6.07) is 1.65. The number of aliphatic hydroxyl groups excluding tert-OH is 2. The molecule has 0 aromatic carbocycles. The number of hydrogen-bond acceptors (Lipinski definition) is 6. The van der Waals surface area contributed by atoms with Crippen LogP contribution < -0.4 is 4.74 Å². The van der Waals surface area contributed by atoms with E-state index in [1.54, 1.807) is 6.20 Å². The molecule has 0 bridgehead atoms. The van der Waals surface area contributed by atoms with Crippen LogP contribution in [-0.2, 0) is 12.8 Å². The van der Waals surface area contributed by atoms with Crippen LogP contribution in [0.1, 0.15) is 47.8 Å². The molecule has 3 aromatic heterocycles. The van der Waals surface area contributed by atoms with E-state index in [2.05, 4.69) is 15.0 Å². The fourth-order valence-electron chi connectivity index (χ4n) is 4.88. The highest BCUT2D eigenvalue weighted by atomic mass is 16.5. The van der Waals surface area contributed by atoms with Crippen molar-refractivity contribution in [3.8, 4) is 5.75 Å². The Morgan fingerprint density at radius 1 is 1.00 bits per heavy atom. The zero-order valence-electron chi connectivity index (χ0n) is 16.7. The highest BCUT2D eigenvalue weighted by molar-refractivity contribution is 5.78. The van der Waals surface area contributed by atoms with E-state index < -0.39 is 18.3 Å². The van der Waals surface area contributed by atoms with Gasteiger partial charge in [0, 0.05) is 29.3 Å². The van der Waals surface area contributed by atoms with Gasteiger partial charge in [-0.3, -0.25) is 4.98 Å². The van der Waals surface area contributed by atoms with Crippen LogP contribution >= 0.6 is 0 Å². The number of rotatable bonds is 3. The van der Waals surface area contributed by atoms with Gasteiger partial charge in [0.1, 0.15) is 36.0 Å². The second kappa shape index (κ2) is 7.07. The predicted molar refractivity (Wildman–Crippen MR) is 108 cm³/mol. The minimum Gasteiger partial charge on any atom is -0.486 e. The van der Waals surface area contributed by atoms with Gasteiger partial charge in [-0.2, -0.15) is 0 Å². The molecule has 7 heteroatoms. The third kappa shape index (κ3) is 3.00. The predicted octanol–water partition coefficient (Wildman–Crippen LogP) is 2.44. The van der Waals surface area contributed by atoms with Gasteiger partial charge in [-0.1, -0.05) is 0 Å². The summed E-state index contributed by atoms with van der Waals surface area (Å²) >= 11 is 0. The van der Waals surface area contributed by atoms with Crippen molar-refractivity contribution in [3.05, 3.63) is 47.3 Å². The molecule has 2 aliphatic rings. The van der Waals surface area contributed by atoms with Gasteiger partial charge in [-0.15, -0.1) is 0 Å². The number of ether oxygens (including phenoxy) is 1. The molecule has 2 aliphatic carbocycles. The number of aryl methyl sites for hydroxylation is 2. The third-order valence-corrected chi connectivity index (χ3v) is 6.52. The Morgan fingerprint density at radius 2 is 1.79 bits per heavy atom. The Balaban J connectivity index is 1.44. The van der Waals surface area contributed by atoms with Crippen LogP contribution in [0.3, 0.4) is 0 Å². The van der Waals surface area contributed by atoms with E-state index in [4.69, 9.17) is 4.74 Å². The summed E-state index contributed by atoms with van der Waals surface area (Å²) in [6.07, 6.45) is 7.62. The molecule has 1 saturated carbocycles. The topological polar surface area (TPSA) is 93.3 Å². The molecule has 1 fully saturated rings. The molecule has 3 heterocycles. The molecule has 0 aliphatic heterocycles. The number of pyridine rings is 1. The molecule has 0 saturated heterocycles. The van der Waals surface area contributed by atoms with Gasteiger partial charge in [0.05, 0.1) is 17.9 Å². The van der Waals surface area contributed by atoms with Crippen molar-refractivity contribution in [3.63, 3.8) is 0 Å². The van der Waals surface area contributed by atoms with Crippen molar-refractivity contribution in [2.45, 2.75) is 70.3 Å². The third-order valence-electron chi connectivity index (χ3n) is 6.52. The lowest BCUT2D eigenvalue weighted by Gasteiger charge is -2.24. The van der Waals surface area contributed by atoms with Crippen LogP contribution in [0.15, 0.2) is 24.8 Å². The van der Waals surface area contributed by atoms with Crippen LogP contribution in [0.25, 0.3) is 11.0 Å². The van der Waals surface area contributed by atoms with Gasteiger partial charge in [0.25, 0.3) is 0 Å². The molecule has 29 heavy (non-hydrogen) atoms. The van der Waals surface area contributed by atoms with Crippen LogP contribution in [0.5, 0.6) is 5.75 Å². The summed E-state index contributed by atoms with van der Waals surface area (Å²) < 4.78 is 8.19. The van der Waals surface area contributed by atoms with Gasteiger partial charge in [0.15, 0.2) is 0 Å². The van der Waals surface area contributed by atoms with E-state index in [9.17, 15) is 10.2 Å². The van der Waals surface area contributed by atoms with E-state index in [1.807, 2.05) is 30.7 Å². The van der Waals surface area contributed by atoms with E-state index in [1.165, 1.54) is 23.9 Å². The Morgan fingerprint density at radius 3 is 2.62 bits per heavy atom. The quantitative estimate of drug-likeness (QED) is 0.709. The van der Waals surface area contributed by atoms with Crippen LogP contribution in [-0.4, -0.2) is 48.0 Å². The summed E-state index contributed by atoms with van der Waals surface area (Å²) in [4.78, 5) is 13.1. The molecule has 152 valence electrons. The van der Waals surface area contributed by atoms with Crippen LogP contribution in [0.2, 0.25) is 0 Å². The van der Waals surface area contributed by atoms with Crippen LogP contribution in [0.4, 0.5) is 0 Å². The average molecular weight is 394 g/mol. The largest absolute Gasteiger partial charge is 0.486 e. The zero-order valence-corrected chi connectivity index (χ0v) is 16.7. The van der Waals surface area contributed by atoms with Gasteiger partial charge >= 0.3 is 0 Å². The molecular formula is C22H26N4O3. The molecule has 4 atom stereocenters. The first kappa shape index (κ1) is 18.5. The molecule has 5 rings (SSSR count). The molecule has 2 unspecified atom stereocenters. The number of nitrogens with zero attached hydrogens (tertiary/aromatic N) is 4. The summed E-state index contributed by atoms with van der Waals surface area (Å²) in [7, 11) is 0. The monoisotopic (exact) mass is 394 g/mol. The van der Waals surface area contributed by atoms with Crippen LogP contribution in [0, 0.1) is 13.8 Å². The smallest absolute Gasteiger partial charge is 0.143 e.